The molecule has 113 heavy (non-hydrogen) atoms. The molecule has 0 saturated carbocycles. The van der Waals surface area contributed by atoms with E-state index < -0.39 is 0 Å². The number of hydrogen-bond donors (Lipinski definition) is 0. The lowest BCUT2D eigenvalue weighted by atomic mass is 9.90. The van der Waals surface area contributed by atoms with Gasteiger partial charge in [0, 0.05) is 76.0 Å². The minimum Gasteiger partial charge on any atom is -0.462 e. The molecule has 0 aromatic rings. The van der Waals surface area contributed by atoms with Crippen molar-refractivity contribution >= 4 is 29.8 Å². The van der Waals surface area contributed by atoms with Crippen LogP contribution in [0.2, 0.25) is 0 Å². The largest absolute Gasteiger partial charge is 0.462 e. The Labute approximate surface area is 695 Å². The van der Waals surface area contributed by atoms with E-state index in [1.54, 1.807) is 34.6 Å². The smallest absolute Gasteiger partial charge is 0.333 e. The van der Waals surface area contributed by atoms with E-state index in [-0.39, 0.29) is 29.8 Å². The molecule has 0 N–H and O–H groups in total. The lowest BCUT2D eigenvalue weighted by Crippen LogP contribution is -2.43. The summed E-state index contributed by atoms with van der Waals surface area (Å²) in [5.74, 6) is -1.36. The minimum absolute atomic E-state index is 0.263. The van der Waals surface area contributed by atoms with Gasteiger partial charge in [0.05, 0.1) is 112 Å². The van der Waals surface area contributed by atoms with Gasteiger partial charge in [-0.15, -0.1) is 0 Å². The van der Waals surface area contributed by atoms with E-state index >= 15 is 0 Å². The van der Waals surface area contributed by atoms with Crippen LogP contribution < -0.4 is 0 Å². The van der Waals surface area contributed by atoms with Crippen molar-refractivity contribution in [3.63, 3.8) is 0 Å². The highest BCUT2D eigenvalue weighted by Crippen LogP contribution is 2.29. The van der Waals surface area contributed by atoms with Gasteiger partial charge in [0.1, 0.15) is 0 Å². The number of carbonyl (C=O) groups is 5. The zero-order valence-electron chi connectivity index (χ0n) is 76.9. The van der Waals surface area contributed by atoms with Crippen molar-refractivity contribution < 1.29 is 85.6 Å². The molecule has 4 saturated heterocycles. The van der Waals surface area contributed by atoms with Gasteiger partial charge in [-0.3, -0.25) is 0 Å². The molecule has 0 aromatic heterocycles. The van der Waals surface area contributed by atoms with Gasteiger partial charge < -0.3 is 61.6 Å². The predicted octanol–water partition coefficient (Wildman–Crippen LogP) is 24.3. The minimum atomic E-state index is -0.284. The van der Waals surface area contributed by atoms with E-state index in [4.69, 9.17) is 61.6 Å². The highest BCUT2D eigenvalue weighted by atomic mass is 16.6. The SMILES string of the molecule is C=C(C)C(=O)OCCCC.C=C(C)C(=O)OCCCCC.C=C(C)C(=O)OCCCCCC.C=C(C)C(=O)OCCCCCCC.C=C(C)C(=O)OCCCCCCCCC.CCCCCCCCCOCC1(C)COC1.CCCCCCCOCC1(C)COC1.CCCCCOCC1(C)COC1.CCCOCC1(C)COC1. The second kappa shape index (κ2) is 84.2. The summed E-state index contributed by atoms with van der Waals surface area (Å²) in [6, 6.07) is 0. The lowest BCUT2D eigenvalue weighted by Gasteiger charge is -2.37. The maximum atomic E-state index is 11.0. The van der Waals surface area contributed by atoms with E-state index in [0.29, 0.717) is 82.6 Å². The molecule has 0 atom stereocenters. The number of carbonyl (C=O) groups excluding carboxylic acids is 5. The fraction of sp³-hybridized carbons (Fsp3) is 0.842. The van der Waals surface area contributed by atoms with Crippen molar-refractivity contribution in [2.75, 3.05) is 139 Å². The van der Waals surface area contributed by atoms with Gasteiger partial charge in [0.2, 0.25) is 0 Å². The van der Waals surface area contributed by atoms with Crippen LogP contribution in [0.4, 0.5) is 0 Å². The number of rotatable bonds is 59. The van der Waals surface area contributed by atoms with Crippen LogP contribution in [0.5, 0.6) is 0 Å². The fourth-order valence-corrected chi connectivity index (χ4v) is 10.2. The van der Waals surface area contributed by atoms with Crippen molar-refractivity contribution in [1.29, 1.82) is 0 Å². The van der Waals surface area contributed by atoms with Crippen molar-refractivity contribution in [1.82, 2.24) is 0 Å². The summed E-state index contributed by atoms with van der Waals surface area (Å²) in [5.41, 5.74) is 3.68. The number of hydrogen-bond acceptors (Lipinski definition) is 18. The van der Waals surface area contributed by atoms with Crippen LogP contribution in [0.1, 0.15) is 362 Å². The lowest BCUT2D eigenvalue weighted by molar-refractivity contribution is -0.139. The summed E-state index contributed by atoms with van der Waals surface area (Å²) < 4.78 is 67.4. The van der Waals surface area contributed by atoms with Gasteiger partial charge in [-0.1, -0.05) is 303 Å². The number of ether oxygens (including phenoxy) is 13. The van der Waals surface area contributed by atoms with Crippen LogP contribution in [0.25, 0.3) is 0 Å². The fourth-order valence-electron chi connectivity index (χ4n) is 10.2. The average Bonchev–Trinajstić information content (AvgIpc) is 0.871. The van der Waals surface area contributed by atoms with Crippen molar-refractivity contribution in [2.45, 2.75) is 362 Å². The Kier molecular flexibility index (Phi) is 87.4. The summed E-state index contributed by atoms with van der Waals surface area (Å²) in [6.45, 7) is 71.0. The Morgan fingerprint density at radius 1 is 0.221 bits per heavy atom. The molecule has 0 unspecified atom stereocenters. The normalized spacial score (nSPS) is 14.3. The van der Waals surface area contributed by atoms with Gasteiger partial charge in [0.25, 0.3) is 0 Å². The third kappa shape index (κ3) is 84.0. The summed E-state index contributed by atoms with van der Waals surface area (Å²) in [4.78, 5) is 54.2. The van der Waals surface area contributed by atoms with E-state index in [0.717, 1.165) is 183 Å². The molecule has 4 aliphatic heterocycles. The molecule has 0 amide bonds. The van der Waals surface area contributed by atoms with Gasteiger partial charge in [-0.2, -0.15) is 0 Å². The summed E-state index contributed by atoms with van der Waals surface area (Å²) in [5, 5.41) is 0. The highest BCUT2D eigenvalue weighted by Gasteiger charge is 2.35. The Morgan fingerprint density at radius 3 is 0.558 bits per heavy atom. The van der Waals surface area contributed by atoms with E-state index in [9.17, 15) is 24.0 Å². The zero-order valence-corrected chi connectivity index (χ0v) is 76.9. The summed E-state index contributed by atoms with van der Waals surface area (Å²) in [7, 11) is 0. The van der Waals surface area contributed by atoms with Crippen molar-refractivity contribution in [3.8, 4) is 0 Å². The maximum Gasteiger partial charge on any atom is 0.333 e. The van der Waals surface area contributed by atoms with Crippen LogP contribution in [0, 0.1) is 21.7 Å². The van der Waals surface area contributed by atoms with Gasteiger partial charge in [0.15, 0.2) is 0 Å². The molecule has 0 radical (unpaired) electrons. The number of unbranched alkanes of at least 4 members (excludes halogenated alkanes) is 28. The maximum absolute atomic E-state index is 11.0. The van der Waals surface area contributed by atoms with E-state index in [1.807, 2.05) is 0 Å². The summed E-state index contributed by atoms with van der Waals surface area (Å²) >= 11 is 0. The molecular weight excluding hydrogens is 1430 g/mol. The first-order valence-electron chi connectivity index (χ1n) is 44.7. The van der Waals surface area contributed by atoms with Crippen molar-refractivity contribution in [3.05, 3.63) is 60.8 Å². The monoisotopic (exact) mass is 1610 g/mol. The molecule has 4 fully saturated rings. The van der Waals surface area contributed by atoms with Crippen LogP contribution >= 0.6 is 0 Å². The van der Waals surface area contributed by atoms with E-state index in [2.05, 4.69) is 123 Å². The van der Waals surface area contributed by atoms with Crippen molar-refractivity contribution in [2.24, 2.45) is 21.7 Å². The van der Waals surface area contributed by atoms with Crippen LogP contribution in [0.3, 0.4) is 0 Å². The predicted molar refractivity (Wildman–Crippen MR) is 470 cm³/mol. The molecule has 4 rings (SSSR count). The molecule has 18 heteroatoms. The molecule has 668 valence electrons. The summed E-state index contributed by atoms with van der Waals surface area (Å²) in [6.07, 6.45) is 45.2. The second-order valence-corrected chi connectivity index (χ2v) is 32.9. The van der Waals surface area contributed by atoms with Crippen LogP contribution in [-0.4, -0.2) is 169 Å². The molecular formula is C95H180O18. The highest BCUT2D eigenvalue weighted by molar-refractivity contribution is 5.88. The van der Waals surface area contributed by atoms with Gasteiger partial charge in [-0.05, 0) is 92.4 Å². The van der Waals surface area contributed by atoms with Gasteiger partial charge in [-0.25, -0.2) is 24.0 Å². The Balaban J connectivity index is -0.000000389. The van der Waals surface area contributed by atoms with Crippen LogP contribution in [-0.2, 0) is 85.6 Å². The molecule has 0 spiro atoms. The molecule has 0 aliphatic carbocycles. The zero-order chi connectivity index (χ0) is 86.0. The molecule has 4 heterocycles. The molecule has 0 aromatic carbocycles. The third-order valence-electron chi connectivity index (χ3n) is 18.1. The Morgan fingerprint density at radius 2 is 0.372 bits per heavy atom. The molecule has 18 nitrogen and oxygen atoms in total. The van der Waals surface area contributed by atoms with E-state index in [1.165, 1.54) is 161 Å². The Bertz CT molecular complexity index is 2260. The molecule has 4 aliphatic rings. The first-order chi connectivity index (χ1) is 54.0. The number of esters is 5. The molecule has 0 bridgehead atoms. The second-order valence-electron chi connectivity index (χ2n) is 32.9. The van der Waals surface area contributed by atoms with Crippen LogP contribution in [0.15, 0.2) is 60.8 Å². The quantitative estimate of drug-likeness (QED) is 0.0240. The average molecular weight is 1610 g/mol. The standard InChI is InChI=1S/C14H28O2.C13H24O2.C12H24O2.C11H20O2.C10H20O2.C10H18O2.C9H16O2.C8H16O2.C8H14O2/c1-3-4-5-6-7-8-9-10-15-11-14(2)12-16-13-14;1-4-5-6-7-8-9-10-11-15-13(14)12(2)3;1-3-4-5-6-7-8-13-9-12(2)10-14-11-12;1-4-5-6-7-8-9-13-11(12)10(2)3;1-3-4-5-6-11-7-10(2)8-12-9-10;1-4-5-6-7-8-12-10(11)9(2)3;1-4-5-6-7-11-9(10)8(2)3;1-3-4-9-5-8(2)6-10-7-8;1-4-5-6-10-8(9)7(2)3/h3-13H2,1-2H3;2,4-11H2,1,3H3;3-11H2,1-2H3;2,4-9H2,1,3H3;3-9H2,1-2H3;2,4-8H2,1,3H3;2,4-7H2,1,3H3;3-7H2,1-2H3;2,4-6H2,1,3H3. The first-order valence-corrected chi connectivity index (χ1v) is 44.7. The topological polar surface area (TPSA) is 205 Å². The van der Waals surface area contributed by atoms with Gasteiger partial charge >= 0.3 is 29.8 Å². The first kappa shape index (κ1) is 117. The third-order valence-corrected chi connectivity index (χ3v) is 18.1. The Hall–Kier alpha value is -4.27.